The molecular weight excluding hydrogens is 445 g/mol. The number of rotatable bonds is 5. The normalized spacial score (nSPS) is 21.0. The summed E-state index contributed by atoms with van der Waals surface area (Å²) in [5, 5.41) is 7.73. The third kappa shape index (κ3) is 4.34. The molecule has 1 aliphatic heterocycles. The van der Waals surface area contributed by atoms with Crippen molar-refractivity contribution in [2.24, 2.45) is 0 Å². The van der Waals surface area contributed by atoms with Crippen LogP contribution in [0.2, 0.25) is 0 Å². The second kappa shape index (κ2) is 9.78. The van der Waals surface area contributed by atoms with Crippen LogP contribution < -0.4 is 15.9 Å². The quantitative estimate of drug-likeness (QED) is 0.320. The van der Waals surface area contributed by atoms with Crippen molar-refractivity contribution < 1.29 is 4.74 Å². The Kier molecular flexibility index (Phi) is 6.05. The van der Waals surface area contributed by atoms with Crippen molar-refractivity contribution in [3.63, 3.8) is 0 Å². The molecule has 0 aromatic heterocycles. The molecule has 170 valence electrons. The second-order valence-corrected chi connectivity index (χ2v) is 10.8. The van der Waals surface area contributed by atoms with E-state index in [4.69, 9.17) is 4.74 Å². The van der Waals surface area contributed by atoms with Gasteiger partial charge in [-0.05, 0) is 41.0 Å². The zero-order chi connectivity index (χ0) is 23.5. The fraction of sp³-hybridized carbons (Fsp3) is 0.0625. The lowest BCUT2D eigenvalue weighted by molar-refractivity contribution is 0.150. The van der Waals surface area contributed by atoms with Crippen molar-refractivity contribution in [1.29, 1.82) is 0 Å². The smallest absolute Gasteiger partial charge is 0.196 e. The van der Waals surface area contributed by atoms with E-state index in [1.807, 2.05) is 0 Å². The molecule has 1 heterocycles. The van der Waals surface area contributed by atoms with E-state index >= 15 is 0 Å². The Bertz CT molecular complexity index is 1290. The summed E-state index contributed by atoms with van der Waals surface area (Å²) in [5.74, 6) is 0.854. The van der Waals surface area contributed by atoms with Gasteiger partial charge in [0.05, 0.1) is 6.04 Å². The van der Waals surface area contributed by atoms with Crippen molar-refractivity contribution in [2.45, 2.75) is 12.1 Å². The Morgan fingerprint density at radius 2 is 1.11 bits per heavy atom. The van der Waals surface area contributed by atoms with E-state index in [0.29, 0.717) is 0 Å². The molecule has 2 nitrogen and oxygen atoms in total. The zero-order valence-electron chi connectivity index (χ0n) is 19.3. The van der Waals surface area contributed by atoms with Gasteiger partial charge in [0.1, 0.15) is 6.10 Å². The average molecular weight is 472 g/mol. The van der Waals surface area contributed by atoms with Gasteiger partial charge in [-0.25, -0.2) is 0 Å². The summed E-state index contributed by atoms with van der Waals surface area (Å²) in [4.78, 5) is 0. The summed E-state index contributed by atoms with van der Waals surface area (Å²) in [6.45, 7) is 0. The minimum Gasteiger partial charge on any atom is -0.468 e. The van der Waals surface area contributed by atoms with E-state index in [-0.39, 0.29) is 12.1 Å². The lowest BCUT2D eigenvalue weighted by Gasteiger charge is -2.22. The van der Waals surface area contributed by atoms with Crippen LogP contribution in [0, 0.1) is 0 Å². The first-order valence-corrected chi connectivity index (χ1v) is 13.3. The van der Waals surface area contributed by atoms with E-state index in [1.54, 1.807) is 0 Å². The topological polar surface area (TPSA) is 21.3 Å². The molecule has 3 heteroatoms. The molecular formula is C32H26NOP. The summed E-state index contributed by atoms with van der Waals surface area (Å²) in [5.41, 5.74) is 3.53. The Morgan fingerprint density at radius 3 is 1.69 bits per heavy atom. The van der Waals surface area contributed by atoms with Gasteiger partial charge in [-0.15, -0.1) is 0 Å². The average Bonchev–Trinajstić information content (AvgIpc) is 3.59. The lowest BCUT2D eigenvalue weighted by atomic mass is 9.97. The van der Waals surface area contributed by atoms with Gasteiger partial charge in [-0.1, -0.05) is 133 Å². The maximum Gasteiger partial charge on any atom is 0.196 e. The molecule has 2 aliphatic rings. The fourth-order valence-corrected chi connectivity index (χ4v) is 7.24. The van der Waals surface area contributed by atoms with E-state index in [9.17, 15) is 0 Å². The number of allylic oxidation sites excluding steroid dienone is 5. The first kappa shape index (κ1) is 21.6. The van der Waals surface area contributed by atoms with Gasteiger partial charge in [0.25, 0.3) is 0 Å². The van der Waals surface area contributed by atoms with Crippen LogP contribution in [0.4, 0.5) is 0 Å². The molecule has 1 saturated heterocycles. The van der Waals surface area contributed by atoms with Crippen LogP contribution in [0.5, 0.6) is 0 Å². The SMILES string of the molecule is C1=C/C(=C2/NC(c3ccccc3)C(c3ccccc3)O2)C(P(c2ccccc2)c2ccccc2)=C1. The van der Waals surface area contributed by atoms with Crippen molar-refractivity contribution in [2.75, 3.05) is 0 Å². The van der Waals surface area contributed by atoms with Crippen LogP contribution >= 0.6 is 7.92 Å². The number of benzene rings is 4. The van der Waals surface area contributed by atoms with E-state index < -0.39 is 7.92 Å². The summed E-state index contributed by atoms with van der Waals surface area (Å²) in [6.07, 6.45) is 6.49. The van der Waals surface area contributed by atoms with Gasteiger partial charge in [0.15, 0.2) is 5.88 Å². The Hall–Kier alpha value is -3.87. The van der Waals surface area contributed by atoms with Crippen LogP contribution in [0.3, 0.4) is 0 Å². The molecule has 0 saturated carbocycles. The molecule has 1 N–H and O–H groups in total. The maximum absolute atomic E-state index is 6.74. The molecule has 0 spiro atoms. The first-order chi connectivity index (χ1) is 17.4. The van der Waals surface area contributed by atoms with E-state index in [1.165, 1.54) is 27.1 Å². The largest absolute Gasteiger partial charge is 0.468 e. The highest BCUT2D eigenvalue weighted by Crippen LogP contribution is 2.51. The van der Waals surface area contributed by atoms with Gasteiger partial charge in [-0.3, -0.25) is 0 Å². The van der Waals surface area contributed by atoms with Crippen LogP contribution in [0.1, 0.15) is 23.3 Å². The molecule has 35 heavy (non-hydrogen) atoms. The maximum atomic E-state index is 6.74. The summed E-state index contributed by atoms with van der Waals surface area (Å²) < 4.78 is 6.74. The van der Waals surface area contributed by atoms with Gasteiger partial charge < -0.3 is 10.1 Å². The van der Waals surface area contributed by atoms with Crippen LogP contribution in [-0.2, 0) is 4.74 Å². The Labute approximate surface area is 208 Å². The summed E-state index contributed by atoms with van der Waals surface area (Å²) >= 11 is 0. The van der Waals surface area contributed by atoms with Crippen LogP contribution in [-0.4, -0.2) is 0 Å². The second-order valence-electron chi connectivity index (χ2n) is 8.64. The number of hydrogen-bond acceptors (Lipinski definition) is 2. The van der Waals surface area contributed by atoms with Crippen LogP contribution in [0.25, 0.3) is 0 Å². The predicted octanol–water partition coefficient (Wildman–Crippen LogP) is 6.89. The summed E-state index contributed by atoms with van der Waals surface area (Å²) in [6, 6.07) is 42.8. The van der Waals surface area contributed by atoms with Gasteiger partial charge in [0, 0.05) is 5.57 Å². The van der Waals surface area contributed by atoms with Gasteiger partial charge in [0.2, 0.25) is 0 Å². The van der Waals surface area contributed by atoms with E-state index in [0.717, 1.165) is 11.5 Å². The molecule has 0 amide bonds. The lowest BCUT2D eigenvalue weighted by Crippen LogP contribution is -2.18. The van der Waals surface area contributed by atoms with Gasteiger partial charge >= 0.3 is 0 Å². The third-order valence-electron chi connectivity index (χ3n) is 6.43. The summed E-state index contributed by atoms with van der Waals surface area (Å²) in [7, 11) is -0.724. The predicted molar refractivity (Wildman–Crippen MR) is 146 cm³/mol. The standard InChI is InChI=1S/C32H26NOP/c1-5-14-24(15-6-1)30-31(25-16-7-2-8-17-25)34-32(33-30)28-22-13-23-29(28)35(26-18-9-3-10-19-26)27-20-11-4-12-21-27/h1-23,30-31,33H/b32-28+. The molecule has 4 aromatic rings. The highest BCUT2D eigenvalue weighted by Gasteiger charge is 2.37. The highest BCUT2D eigenvalue weighted by molar-refractivity contribution is 7.77. The third-order valence-corrected chi connectivity index (χ3v) is 8.93. The first-order valence-electron chi connectivity index (χ1n) is 11.9. The van der Waals surface area contributed by atoms with Crippen molar-refractivity contribution >= 4 is 18.5 Å². The van der Waals surface area contributed by atoms with Crippen molar-refractivity contribution in [3.8, 4) is 0 Å². The molecule has 0 bridgehead atoms. The number of nitrogens with one attached hydrogen (secondary N) is 1. The number of ether oxygens (including phenoxy) is 1. The Balaban J connectivity index is 1.43. The minimum absolute atomic E-state index is 0.0380. The minimum atomic E-state index is -0.724. The molecule has 0 radical (unpaired) electrons. The van der Waals surface area contributed by atoms with Crippen molar-refractivity contribution in [1.82, 2.24) is 5.32 Å². The molecule has 2 atom stereocenters. The zero-order valence-corrected chi connectivity index (χ0v) is 20.2. The molecule has 1 fully saturated rings. The molecule has 4 aromatic carbocycles. The molecule has 1 aliphatic carbocycles. The Morgan fingerprint density at radius 1 is 0.600 bits per heavy atom. The van der Waals surface area contributed by atoms with E-state index in [2.05, 4.69) is 145 Å². The molecule has 2 unspecified atom stereocenters. The highest BCUT2D eigenvalue weighted by atomic mass is 31.1. The monoisotopic (exact) mass is 471 g/mol. The molecule has 6 rings (SSSR count). The van der Waals surface area contributed by atoms with Crippen molar-refractivity contribution in [3.05, 3.63) is 167 Å². The number of hydrogen-bond donors (Lipinski definition) is 1. The van der Waals surface area contributed by atoms with Crippen LogP contribution in [0.15, 0.2) is 156 Å². The van der Waals surface area contributed by atoms with Gasteiger partial charge in [-0.2, -0.15) is 0 Å². The fourth-order valence-electron chi connectivity index (χ4n) is 4.79.